The van der Waals surface area contributed by atoms with Gasteiger partial charge >= 0.3 is 0 Å². The second-order valence-corrected chi connectivity index (χ2v) is 9.01. The van der Waals surface area contributed by atoms with E-state index in [1.54, 1.807) is 49.4 Å². The van der Waals surface area contributed by atoms with Crippen molar-refractivity contribution in [1.29, 1.82) is 0 Å². The third-order valence-electron chi connectivity index (χ3n) is 6.23. The van der Waals surface area contributed by atoms with E-state index in [2.05, 4.69) is 17.1 Å². The van der Waals surface area contributed by atoms with E-state index in [1.807, 2.05) is 13.0 Å². The van der Waals surface area contributed by atoms with E-state index < -0.39 is 0 Å². The van der Waals surface area contributed by atoms with Crippen molar-refractivity contribution in [3.8, 4) is 5.75 Å². The van der Waals surface area contributed by atoms with Gasteiger partial charge in [0.05, 0.1) is 11.7 Å². The summed E-state index contributed by atoms with van der Waals surface area (Å²) in [6.45, 7) is 7.28. The van der Waals surface area contributed by atoms with E-state index in [9.17, 15) is 14.0 Å². The molecule has 0 bridgehead atoms. The van der Waals surface area contributed by atoms with Crippen LogP contribution in [0.2, 0.25) is 0 Å². The molecule has 0 spiro atoms. The van der Waals surface area contributed by atoms with E-state index in [4.69, 9.17) is 9.47 Å². The quantitative estimate of drug-likeness (QED) is 0.735. The summed E-state index contributed by atoms with van der Waals surface area (Å²) < 4.78 is 26.3. The molecule has 3 rings (SSSR count). The fraction of sp³-hybridized carbons (Fsp3) is 0.462. The zero-order chi connectivity index (χ0) is 24.8. The van der Waals surface area contributed by atoms with Crippen molar-refractivity contribution in [3.63, 3.8) is 0 Å². The Labute approximate surface area is 200 Å². The van der Waals surface area contributed by atoms with E-state index in [1.165, 1.54) is 13.0 Å². The molecule has 34 heavy (non-hydrogen) atoms. The molecule has 2 aromatic rings. The minimum atomic E-state index is -0.237. The second-order valence-electron chi connectivity index (χ2n) is 9.01. The average Bonchev–Trinajstić information content (AvgIpc) is 2.80. The number of hydrogen-bond acceptors (Lipinski definition) is 5. The normalized spacial score (nSPS) is 22.2. The van der Waals surface area contributed by atoms with Gasteiger partial charge in [-0.25, -0.2) is 4.39 Å². The average molecular weight is 472 g/mol. The van der Waals surface area contributed by atoms with Crippen LogP contribution in [0.15, 0.2) is 42.5 Å². The number of rotatable bonds is 4. The van der Waals surface area contributed by atoms with Gasteiger partial charge in [0.25, 0.3) is 5.91 Å². The predicted octanol–water partition coefficient (Wildman–Crippen LogP) is 3.79. The van der Waals surface area contributed by atoms with E-state index in [0.717, 1.165) is 0 Å². The summed E-state index contributed by atoms with van der Waals surface area (Å²) in [5, 5.41) is 2.72. The number of nitrogens with one attached hydrogen (secondary N) is 1. The Balaban J connectivity index is 1.95. The highest BCUT2D eigenvalue weighted by molar-refractivity contribution is 5.99. The molecule has 0 unspecified atom stereocenters. The third kappa shape index (κ3) is 6.33. The lowest BCUT2D eigenvalue weighted by molar-refractivity contribution is -0.114. The summed E-state index contributed by atoms with van der Waals surface area (Å²) in [5.41, 5.74) is 1.51. The maximum Gasteiger partial charge on any atom is 0.257 e. The van der Waals surface area contributed by atoms with Crippen LogP contribution in [-0.2, 0) is 16.1 Å². The van der Waals surface area contributed by atoms with Crippen molar-refractivity contribution in [2.24, 2.45) is 5.92 Å². The molecule has 3 atom stereocenters. The minimum Gasteiger partial charge on any atom is -0.491 e. The summed E-state index contributed by atoms with van der Waals surface area (Å²) in [5.74, 6) is -0.169. The first kappa shape index (κ1) is 25.6. The SMILES string of the molecule is CO[C@H]1CN(C)C(=O)c2cc(NC(C)=O)ccc2OC[C@@H](C)N(Cc2ccccc2F)C[C@H]1C. The van der Waals surface area contributed by atoms with Gasteiger partial charge in [-0.05, 0) is 37.1 Å². The van der Waals surface area contributed by atoms with Crippen LogP contribution in [0.5, 0.6) is 5.75 Å². The molecule has 8 heteroatoms. The smallest absolute Gasteiger partial charge is 0.257 e. The molecule has 0 aliphatic carbocycles. The highest BCUT2D eigenvalue weighted by Crippen LogP contribution is 2.27. The number of nitrogens with zero attached hydrogens (tertiary/aromatic N) is 2. The Morgan fingerprint density at radius 3 is 2.62 bits per heavy atom. The van der Waals surface area contributed by atoms with E-state index in [-0.39, 0.29) is 35.7 Å². The van der Waals surface area contributed by atoms with Crippen molar-refractivity contribution < 1.29 is 23.5 Å². The van der Waals surface area contributed by atoms with Gasteiger partial charge < -0.3 is 19.7 Å². The van der Waals surface area contributed by atoms with Gasteiger partial charge in [-0.1, -0.05) is 25.1 Å². The standard InChI is InChI=1S/C26H34FN3O4/c1-17-13-30(14-20-8-6-7-9-23(20)27)18(2)16-34-24-11-10-21(28-19(3)31)12-22(24)26(32)29(4)15-25(17)33-5/h6-12,17-18,25H,13-16H2,1-5H3,(H,28,31)/t17-,18-,25+/m1/s1. The second kappa shape index (κ2) is 11.4. The first-order chi connectivity index (χ1) is 16.2. The molecule has 0 saturated heterocycles. The van der Waals surface area contributed by atoms with Crippen LogP contribution in [0.3, 0.4) is 0 Å². The molecular formula is C26H34FN3O4. The van der Waals surface area contributed by atoms with E-state index >= 15 is 0 Å². The van der Waals surface area contributed by atoms with Crippen LogP contribution in [0.4, 0.5) is 10.1 Å². The number of hydrogen-bond donors (Lipinski definition) is 1. The molecule has 0 aromatic heterocycles. The number of amides is 2. The number of anilines is 1. The minimum absolute atomic E-state index is 0.0605. The van der Waals surface area contributed by atoms with Gasteiger partial charge in [0.15, 0.2) is 0 Å². The molecule has 1 aliphatic rings. The van der Waals surface area contributed by atoms with Crippen molar-refractivity contribution in [2.75, 3.05) is 39.2 Å². The number of benzene rings is 2. The number of likely N-dealkylation sites (N-methyl/N-ethyl adjacent to an activating group) is 1. The molecular weight excluding hydrogens is 437 g/mol. The topological polar surface area (TPSA) is 71.1 Å². The number of halogens is 1. The Morgan fingerprint density at radius 2 is 1.94 bits per heavy atom. The van der Waals surface area contributed by atoms with Crippen molar-refractivity contribution in [1.82, 2.24) is 9.80 Å². The van der Waals surface area contributed by atoms with Crippen LogP contribution in [-0.4, -0.2) is 67.6 Å². The monoisotopic (exact) mass is 471 g/mol. The zero-order valence-corrected chi connectivity index (χ0v) is 20.5. The number of fused-ring (bicyclic) bond motifs is 1. The number of methoxy groups -OCH3 is 1. The first-order valence-electron chi connectivity index (χ1n) is 11.5. The predicted molar refractivity (Wildman–Crippen MR) is 129 cm³/mol. The maximum absolute atomic E-state index is 14.4. The maximum atomic E-state index is 14.4. The lowest BCUT2D eigenvalue weighted by Crippen LogP contribution is -2.46. The first-order valence-corrected chi connectivity index (χ1v) is 11.5. The number of ether oxygens (including phenoxy) is 2. The Hall–Kier alpha value is -2.97. The van der Waals surface area contributed by atoms with Gasteiger partial charge in [-0.2, -0.15) is 0 Å². The van der Waals surface area contributed by atoms with Crippen LogP contribution in [0, 0.1) is 11.7 Å². The molecule has 1 aliphatic heterocycles. The van der Waals surface area contributed by atoms with Gasteiger partial charge in [-0.3, -0.25) is 14.5 Å². The summed E-state index contributed by atoms with van der Waals surface area (Å²) in [6.07, 6.45) is -0.216. The molecule has 2 amide bonds. The summed E-state index contributed by atoms with van der Waals surface area (Å²) in [7, 11) is 3.36. The van der Waals surface area contributed by atoms with Gasteiger partial charge in [0, 0.05) is 58.0 Å². The van der Waals surface area contributed by atoms with Crippen LogP contribution < -0.4 is 10.1 Å². The van der Waals surface area contributed by atoms with Crippen molar-refractivity contribution >= 4 is 17.5 Å². The van der Waals surface area contributed by atoms with Gasteiger partial charge in [-0.15, -0.1) is 0 Å². The molecule has 7 nitrogen and oxygen atoms in total. The van der Waals surface area contributed by atoms with Gasteiger partial charge in [0.1, 0.15) is 18.2 Å². The highest BCUT2D eigenvalue weighted by atomic mass is 19.1. The van der Waals surface area contributed by atoms with Crippen LogP contribution >= 0.6 is 0 Å². The summed E-state index contributed by atoms with van der Waals surface area (Å²) in [4.78, 5) is 28.6. The highest BCUT2D eigenvalue weighted by Gasteiger charge is 2.28. The third-order valence-corrected chi connectivity index (χ3v) is 6.23. The molecule has 0 fully saturated rings. The molecule has 1 N–H and O–H groups in total. The fourth-order valence-corrected chi connectivity index (χ4v) is 4.20. The number of carbonyl (C=O) groups is 2. The summed E-state index contributed by atoms with van der Waals surface area (Å²) >= 11 is 0. The van der Waals surface area contributed by atoms with Crippen molar-refractivity contribution in [2.45, 2.75) is 39.5 Å². The van der Waals surface area contributed by atoms with Gasteiger partial charge in [0.2, 0.25) is 5.91 Å². The zero-order valence-electron chi connectivity index (χ0n) is 20.5. The Morgan fingerprint density at radius 1 is 1.21 bits per heavy atom. The summed E-state index contributed by atoms with van der Waals surface area (Å²) in [6, 6.07) is 11.8. The molecule has 1 heterocycles. The number of carbonyl (C=O) groups excluding carboxylic acids is 2. The molecule has 0 radical (unpaired) electrons. The Bertz CT molecular complexity index is 1020. The molecule has 0 saturated carbocycles. The lowest BCUT2D eigenvalue weighted by Gasteiger charge is -2.36. The lowest BCUT2D eigenvalue weighted by atomic mass is 10.0. The van der Waals surface area contributed by atoms with Crippen molar-refractivity contribution in [3.05, 3.63) is 59.4 Å². The molecule has 184 valence electrons. The van der Waals surface area contributed by atoms with E-state index in [0.29, 0.717) is 48.8 Å². The molecule has 2 aromatic carbocycles. The Kier molecular flexibility index (Phi) is 8.63. The fourth-order valence-electron chi connectivity index (χ4n) is 4.20. The van der Waals surface area contributed by atoms with Crippen LogP contribution in [0.1, 0.15) is 36.7 Å². The largest absolute Gasteiger partial charge is 0.491 e. The van der Waals surface area contributed by atoms with Crippen LogP contribution in [0.25, 0.3) is 0 Å².